The van der Waals surface area contributed by atoms with Gasteiger partial charge in [0.1, 0.15) is 0 Å². The third kappa shape index (κ3) is 1.39. The average molecular weight is 209 g/mol. The molecule has 15 heavy (non-hydrogen) atoms. The molecular weight excluding hydrogens is 194 g/mol. The van der Waals surface area contributed by atoms with Gasteiger partial charge < -0.3 is 5.11 Å². The van der Waals surface area contributed by atoms with Gasteiger partial charge in [-0.15, -0.1) is 0 Å². The van der Waals surface area contributed by atoms with Crippen molar-refractivity contribution in [3.63, 3.8) is 0 Å². The van der Waals surface area contributed by atoms with Gasteiger partial charge in [-0.2, -0.15) is 0 Å². The van der Waals surface area contributed by atoms with Crippen LogP contribution in [0.1, 0.15) is 25.7 Å². The molecule has 82 valence electrons. The Labute approximate surface area is 88.2 Å². The number of imide groups is 1. The van der Waals surface area contributed by atoms with Crippen LogP contribution >= 0.6 is 0 Å². The first-order valence-electron chi connectivity index (χ1n) is 5.70. The topological polar surface area (TPSA) is 57.6 Å². The zero-order valence-electron chi connectivity index (χ0n) is 8.56. The van der Waals surface area contributed by atoms with E-state index in [-0.39, 0.29) is 29.8 Å². The van der Waals surface area contributed by atoms with Crippen molar-refractivity contribution >= 4 is 11.8 Å². The molecule has 3 aliphatic rings. The van der Waals surface area contributed by atoms with Gasteiger partial charge in [0, 0.05) is 6.54 Å². The molecule has 1 aliphatic heterocycles. The van der Waals surface area contributed by atoms with E-state index in [0.29, 0.717) is 12.5 Å². The molecule has 4 atom stereocenters. The van der Waals surface area contributed by atoms with Crippen molar-refractivity contribution in [3.05, 3.63) is 0 Å². The Morgan fingerprint density at radius 3 is 2.33 bits per heavy atom. The Morgan fingerprint density at radius 1 is 1.13 bits per heavy atom. The van der Waals surface area contributed by atoms with Crippen LogP contribution in [0, 0.1) is 17.8 Å². The van der Waals surface area contributed by atoms with E-state index in [1.165, 1.54) is 4.90 Å². The van der Waals surface area contributed by atoms with Crippen LogP contribution < -0.4 is 0 Å². The average Bonchev–Trinajstić information content (AvgIpc) is 2.85. The fraction of sp³-hybridized carbons (Fsp3) is 0.818. The molecule has 0 aromatic carbocycles. The molecule has 4 nitrogen and oxygen atoms in total. The van der Waals surface area contributed by atoms with Gasteiger partial charge in [0.05, 0.1) is 17.9 Å². The Bertz CT molecular complexity index is 308. The Kier molecular flexibility index (Phi) is 1.89. The normalized spacial score (nSPS) is 43.7. The van der Waals surface area contributed by atoms with Crippen molar-refractivity contribution in [2.75, 3.05) is 6.54 Å². The number of amides is 2. The predicted molar refractivity (Wildman–Crippen MR) is 51.7 cm³/mol. The maximum absolute atomic E-state index is 11.7. The van der Waals surface area contributed by atoms with Crippen molar-refractivity contribution < 1.29 is 14.7 Å². The summed E-state index contributed by atoms with van der Waals surface area (Å²) in [6.45, 7) is 0.543. The van der Waals surface area contributed by atoms with E-state index in [4.69, 9.17) is 0 Å². The zero-order valence-corrected chi connectivity index (χ0v) is 8.56. The minimum Gasteiger partial charge on any atom is -0.393 e. The maximum Gasteiger partial charge on any atom is 0.233 e. The smallest absolute Gasteiger partial charge is 0.233 e. The minimum atomic E-state index is -0.225. The molecule has 3 rings (SSSR count). The van der Waals surface area contributed by atoms with Crippen molar-refractivity contribution in [1.29, 1.82) is 0 Å². The van der Waals surface area contributed by atoms with E-state index in [1.54, 1.807) is 0 Å². The minimum absolute atomic E-state index is 0.0174. The van der Waals surface area contributed by atoms with E-state index in [2.05, 4.69) is 0 Å². The summed E-state index contributed by atoms with van der Waals surface area (Å²) in [5.41, 5.74) is 0. The molecule has 1 heterocycles. The van der Waals surface area contributed by atoms with Crippen LogP contribution in [0.4, 0.5) is 0 Å². The molecule has 1 N–H and O–H groups in total. The third-order valence-corrected chi connectivity index (χ3v) is 3.91. The van der Waals surface area contributed by atoms with Gasteiger partial charge >= 0.3 is 0 Å². The summed E-state index contributed by atoms with van der Waals surface area (Å²) >= 11 is 0. The Hall–Kier alpha value is -0.900. The molecule has 2 aliphatic carbocycles. The van der Waals surface area contributed by atoms with E-state index >= 15 is 0 Å². The summed E-state index contributed by atoms with van der Waals surface area (Å²) in [4.78, 5) is 24.8. The molecular formula is C11H15NO3. The number of carbonyl (C=O) groups is 2. The SMILES string of the molecule is O=C1C2CC2C(=O)N1CC1CCC(O)C1. The van der Waals surface area contributed by atoms with Crippen molar-refractivity contribution in [2.45, 2.75) is 31.8 Å². The van der Waals surface area contributed by atoms with Crippen LogP contribution in [0.2, 0.25) is 0 Å². The summed E-state index contributed by atoms with van der Waals surface area (Å²) in [5, 5.41) is 9.38. The molecule has 0 aromatic heterocycles. The van der Waals surface area contributed by atoms with Crippen LogP contribution in [0.5, 0.6) is 0 Å². The van der Waals surface area contributed by atoms with Crippen molar-refractivity contribution in [1.82, 2.24) is 4.90 Å². The highest BCUT2D eigenvalue weighted by atomic mass is 16.3. The number of hydrogen-bond donors (Lipinski definition) is 1. The fourth-order valence-electron chi connectivity index (χ4n) is 2.90. The number of aliphatic hydroxyl groups excluding tert-OH is 1. The largest absolute Gasteiger partial charge is 0.393 e. The quantitative estimate of drug-likeness (QED) is 0.659. The Morgan fingerprint density at radius 2 is 1.80 bits per heavy atom. The predicted octanol–water partition coefficient (Wildman–Crippen LogP) is 0.152. The van der Waals surface area contributed by atoms with Crippen molar-refractivity contribution in [3.8, 4) is 0 Å². The van der Waals surface area contributed by atoms with E-state index in [0.717, 1.165) is 25.7 Å². The summed E-state index contributed by atoms with van der Waals surface area (Å²) in [6.07, 6.45) is 3.05. The highest BCUT2D eigenvalue weighted by molar-refractivity contribution is 6.08. The number of aliphatic hydroxyl groups is 1. The number of carbonyl (C=O) groups excluding carboxylic acids is 2. The molecule has 1 saturated heterocycles. The standard InChI is InChI=1S/C11H15NO3/c13-7-2-1-6(3-7)5-12-10(14)8-4-9(8)11(12)15/h6-9,13H,1-5H2. The molecule has 2 amide bonds. The van der Waals surface area contributed by atoms with Gasteiger partial charge in [0.25, 0.3) is 0 Å². The number of nitrogens with zero attached hydrogens (tertiary/aromatic N) is 1. The molecule has 0 aromatic rings. The van der Waals surface area contributed by atoms with E-state index < -0.39 is 0 Å². The van der Waals surface area contributed by atoms with Crippen LogP contribution in [-0.4, -0.2) is 34.5 Å². The Balaban J connectivity index is 1.64. The second kappa shape index (κ2) is 3.04. The van der Waals surface area contributed by atoms with Gasteiger partial charge in [0.15, 0.2) is 0 Å². The van der Waals surface area contributed by atoms with Gasteiger partial charge in [-0.25, -0.2) is 0 Å². The molecule has 2 saturated carbocycles. The first kappa shape index (κ1) is 9.33. The van der Waals surface area contributed by atoms with Gasteiger partial charge in [0.2, 0.25) is 11.8 Å². The number of fused-ring (bicyclic) bond motifs is 1. The first-order valence-corrected chi connectivity index (χ1v) is 5.70. The van der Waals surface area contributed by atoms with E-state index in [9.17, 15) is 14.7 Å². The summed E-state index contributed by atoms with van der Waals surface area (Å²) in [5.74, 6) is 0.427. The zero-order chi connectivity index (χ0) is 10.6. The molecule has 4 unspecified atom stereocenters. The van der Waals surface area contributed by atoms with Crippen molar-refractivity contribution in [2.24, 2.45) is 17.8 Å². The number of likely N-dealkylation sites (tertiary alicyclic amines) is 1. The molecule has 0 bridgehead atoms. The van der Waals surface area contributed by atoms with Crippen LogP contribution in [0.3, 0.4) is 0 Å². The van der Waals surface area contributed by atoms with Crippen LogP contribution in [0.15, 0.2) is 0 Å². The summed E-state index contributed by atoms with van der Waals surface area (Å²) < 4.78 is 0. The summed E-state index contributed by atoms with van der Waals surface area (Å²) in [6, 6.07) is 0. The molecule has 0 spiro atoms. The highest BCUT2D eigenvalue weighted by Gasteiger charge is 2.58. The first-order chi connectivity index (χ1) is 7.16. The van der Waals surface area contributed by atoms with Crippen LogP contribution in [-0.2, 0) is 9.59 Å². The molecule has 0 radical (unpaired) electrons. The lowest BCUT2D eigenvalue weighted by Crippen LogP contribution is -2.36. The lowest BCUT2D eigenvalue weighted by Gasteiger charge is -2.20. The van der Waals surface area contributed by atoms with Gasteiger partial charge in [-0.3, -0.25) is 14.5 Å². The maximum atomic E-state index is 11.7. The monoisotopic (exact) mass is 209 g/mol. The number of piperidine rings is 1. The second-order valence-electron chi connectivity index (χ2n) is 5.07. The lowest BCUT2D eigenvalue weighted by atomic mass is 10.1. The van der Waals surface area contributed by atoms with Crippen LogP contribution in [0.25, 0.3) is 0 Å². The highest BCUT2D eigenvalue weighted by Crippen LogP contribution is 2.47. The van der Waals surface area contributed by atoms with Gasteiger partial charge in [-0.05, 0) is 31.6 Å². The molecule has 3 fully saturated rings. The summed E-state index contributed by atoms with van der Waals surface area (Å²) in [7, 11) is 0. The van der Waals surface area contributed by atoms with E-state index in [1.807, 2.05) is 0 Å². The lowest BCUT2D eigenvalue weighted by molar-refractivity contribution is -0.142. The fourth-order valence-corrected chi connectivity index (χ4v) is 2.90. The third-order valence-electron chi connectivity index (χ3n) is 3.91. The number of hydrogen-bond acceptors (Lipinski definition) is 3. The second-order valence-corrected chi connectivity index (χ2v) is 5.07. The molecule has 4 heteroatoms. The number of rotatable bonds is 2. The van der Waals surface area contributed by atoms with Gasteiger partial charge in [-0.1, -0.05) is 0 Å².